The van der Waals surface area contributed by atoms with Crippen molar-refractivity contribution in [3.63, 3.8) is 0 Å². The summed E-state index contributed by atoms with van der Waals surface area (Å²) in [5, 5.41) is 0.361. The highest BCUT2D eigenvalue weighted by atomic mass is 35.5. The van der Waals surface area contributed by atoms with E-state index < -0.39 is 0 Å². The highest BCUT2D eigenvalue weighted by Gasteiger charge is 2.45. The number of alkyl halides is 1. The summed E-state index contributed by atoms with van der Waals surface area (Å²) < 4.78 is 0. The molecule has 0 aliphatic heterocycles. The van der Waals surface area contributed by atoms with Gasteiger partial charge < -0.3 is 0 Å². The standard InChI is InChI=1S/C10H15ClO/c1-6(12)7-2-3-9-8(7)4-5-10(9)11/h7-10H,2-5H2,1H3. The molecule has 0 heterocycles. The number of hydrogen-bond acceptors (Lipinski definition) is 1. The lowest BCUT2D eigenvalue weighted by molar-refractivity contribution is -0.121. The molecule has 2 heteroatoms. The fraction of sp³-hybridized carbons (Fsp3) is 0.900. The minimum Gasteiger partial charge on any atom is -0.300 e. The van der Waals surface area contributed by atoms with Gasteiger partial charge in [0.15, 0.2) is 0 Å². The quantitative estimate of drug-likeness (QED) is 0.576. The van der Waals surface area contributed by atoms with E-state index in [0.29, 0.717) is 28.9 Å². The van der Waals surface area contributed by atoms with Crippen LogP contribution in [-0.2, 0) is 4.79 Å². The number of Topliss-reactive ketones (excluding diaryl/α,β-unsaturated/α-hetero) is 1. The molecule has 4 atom stereocenters. The molecule has 0 spiro atoms. The Morgan fingerprint density at radius 2 is 1.83 bits per heavy atom. The molecule has 0 aromatic rings. The fourth-order valence-corrected chi connectivity index (χ4v) is 3.47. The van der Waals surface area contributed by atoms with Crippen LogP contribution in [0.25, 0.3) is 0 Å². The van der Waals surface area contributed by atoms with Gasteiger partial charge in [0, 0.05) is 11.3 Å². The second kappa shape index (κ2) is 3.02. The Hall–Kier alpha value is -0.0400. The van der Waals surface area contributed by atoms with Crippen LogP contribution < -0.4 is 0 Å². The molecule has 0 saturated heterocycles. The third-order valence-electron chi connectivity index (χ3n) is 3.64. The number of ketones is 1. The second-order valence-electron chi connectivity index (χ2n) is 4.22. The van der Waals surface area contributed by atoms with E-state index in [-0.39, 0.29) is 0 Å². The van der Waals surface area contributed by atoms with Crippen molar-refractivity contribution in [3.05, 3.63) is 0 Å². The maximum atomic E-state index is 11.3. The lowest BCUT2D eigenvalue weighted by Crippen LogP contribution is -2.18. The molecule has 0 bridgehead atoms. The molecule has 2 rings (SSSR count). The molecule has 0 radical (unpaired) electrons. The lowest BCUT2D eigenvalue weighted by Gasteiger charge is -2.15. The Morgan fingerprint density at radius 3 is 2.50 bits per heavy atom. The van der Waals surface area contributed by atoms with Crippen LogP contribution in [0.4, 0.5) is 0 Å². The summed E-state index contributed by atoms with van der Waals surface area (Å²) in [6, 6.07) is 0. The summed E-state index contributed by atoms with van der Waals surface area (Å²) in [6.45, 7) is 1.73. The van der Waals surface area contributed by atoms with Crippen molar-refractivity contribution in [3.8, 4) is 0 Å². The Bertz CT molecular complexity index is 202. The molecule has 0 aromatic carbocycles. The number of rotatable bonds is 1. The highest BCUT2D eigenvalue weighted by molar-refractivity contribution is 6.21. The first-order valence-electron chi connectivity index (χ1n) is 4.84. The third-order valence-corrected chi connectivity index (χ3v) is 4.18. The first-order valence-corrected chi connectivity index (χ1v) is 5.28. The van der Waals surface area contributed by atoms with Crippen LogP contribution in [0.5, 0.6) is 0 Å². The zero-order valence-corrected chi connectivity index (χ0v) is 8.18. The van der Waals surface area contributed by atoms with Gasteiger partial charge in [0.05, 0.1) is 0 Å². The monoisotopic (exact) mass is 186 g/mol. The van der Waals surface area contributed by atoms with E-state index in [2.05, 4.69) is 0 Å². The van der Waals surface area contributed by atoms with Crippen LogP contribution >= 0.6 is 11.6 Å². The molecule has 0 aromatic heterocycles. The fourth-order valence-electron chi connectivity index (χ4n) is 3.03. The van der Waals surface area contributed by atoms with Crippen LogP contribution in [0.1, 0.15) is 32.6 Å². The van der Waals surface area contributed by atoms with Gasteiger partial charge in [0.2, 0.25) is 0 Å². The zero-order chi connectivity index (χ0) is 8.72. The molecule has 4 unspecified atom stereocenters. The average molecular weight is 187 g/mol. The maximum Gasteiger partial charge on any atom is 0.133 e. The van der Waals surface area contributed by atoms with E-state index in [1.54, 1.807) is 6.92 Å². The smallest absolute Gasteiger partial charge is 0.133 e. The molecule has 68 valence electrons. The summed E-state index contributed by atoms with van der Waals surface area (Å²) >= 11 is 6.17. The number of halogens is 1. The Labute approximate surface area is 78.5 Å². The van der Waals surface area contributed by atoms with E-state index in [4.69, 9.17) is 11.6 Å². The van der Waals surface area contributed by atoms with Gasteiger partial charge in [-0.15, -0.1) is 11.6 Å². The van der Waals surface area contributed by atoms with Crippen LogP contribution in [0.15, 0.2) is 0 Å². The van der Waals surface area contributed by atoms with Crippen molar-refractivity contribution >= 4 is 17.4 Å². The normalized spacial score (nSPS) is 46.2. The van der Waals surface area contributed by atoms with Gasteiger partial charge in [-0.1, -0.05) is 0 Å². The van der Waals surface area contributed by atoms with Gasteiger partial charge in [-0.05, 0) is 44.4 Å². The van der Waals surface area contributed by atoms with Crippen molar-refractivity contribution < 1.29 is 4.79 Å². The largest absolute Gasteiger partial charge is 0.300 e. The third kappa shape index (κ3) is 1.19. The van der Waals surface area contributed by atoms with Crippen molar-refractivity contribution in [2.45, 2.75) is 38.0 Å². The summed E-state index contributed by atoms with van der Waals surface area (Å²) in [7, 11) is 0. The van der Waals surface area contributed by atoms with E-state index in [1.807, 2.05) is 0 Å². The van der Waals surface area contributed by atoms with E-state index in [1.165, 1.54) is 12.8 Å². The number of hydrogen-bond donors (Lipinski definition) is 0. The van der Waals surface area contributed by atoms with Crippen LogP contribution in [0, 0.1) is 17.8 Å². The Morgan fingerprint density at radius 1 is 1.17 bits per heavy atom. The van der Waals surface area contributed by atoms with Gasteiger partial charge >= 0.3 is 0 Å². The molecule has 0 N–H and O–H groups in total. The van der Waals surface area contributed by atoms with Crippen molar-refractivity contribution in [1.29, 1.82) is 0 Å². The zero-order valence-electron chi connectivity index (χ0n) is 7.42. The average Bonchev–Trinajstić information content (AvgIpc) is 2.53. The summed E-state index contributed by atoms with van der Waals surface area (Å²) in [5.74, 6) is 2.01. The lowest BCUT2D eigenvalue weighted by atomic mass is 9.89. The predicted molar refractivity (Wildman–Crippen MR) is 49.3 cm³/mol. The summed E-state index contributed by atoms with van der Waals surface area (Å²) in [5.41, 5.74) is 0. The SMILES string of the molecule is CC(=O)C1CCC2C(Cl)CCC12. The van der Waals surface area contributed by atoms with Gasteiger partial charge in [-0.3, -0.25) is 4.79 Å². The topological polar surface area (TPSA) is 17.1 Å². The molecular formula is C10H15ClO. The van der Waals surface area contributed by atoms with Crippen LogP contribution in [0.3, 0.4) is 0 Å². The molecule has 2 aliphatic rings. The summed E-state index contributed by atoms with van der Waals surface area (Å²) in [4.78, 5) is 11.3. The molecule has 2 saturated carbocycles. The Balaban J connectivity index is 2.10. The van der Waals surface area contributed by atoms with Crippen molar-refractivity contribution in [2.24, 2.45) is 17.8 Å². The van der Waals surface area contributed by atoms with Crippen molar-refractivity contribution in [1.82, 2.24) is 0 Å². The number of fused-ring (bicyclic) bond motifs is 1. The molecule has 1 nitrogen and oxygen atoms in total. The first kappa shape index (κ1) is 8.55. The first-order chi connectivity index (χ1) is 5.70. The highest BCUT2D eigenvalue weighted by Crippen LogP contribution is 2.49. The molecule has 2 fully saturated rings. The Kier molecular flexibility index (Phi) is 2.16. The van der Waals surface area contributed by atoms with Crippen molar-refractivity contribution in [2.75, 3.05) is 0 Å². The summed E-state index contributed by atoms with van der Waals surface area (Å²) in [6.07, 6.45) is 4.58. The predicted octanol–water partition coefficient (Wildman–Crippen LogP) is 2.62. The van der Waals surface area contributed by atoms with Gasteiger partial charge in [0.1, 0.15) is 5.78 Å². The number of carbonyl (C=O) groups is 1. The molecule has 12 heavy (non-hydrogen) atoms. The van der Waals surface area contributed by atoms with Crippen LogP contribution in [-0.4, -0.2) is 11.2 Å². The second-order valence-corrected chi connectivity index (χ2v) is 4.78. The van der Waals surface area contributed by atoms with Gasteiger partial charge in [-0.2, -0.15) is 0 Å². The van der Waals surface area contributed by atoms with E-state index >= 15 is 0 Å². The van der Waals surface area contributed by atoms with Gasteiger partial charge in [0.25, 0.3) is 0 Å². The minimum atomic E-state index is 0.346. The van der Waals surface area contributed by atoms with Gasteiger partial charge in [-0.25, -0.2) is 0 Å². The minimum absolute atomic E-state index is 0.346. The molecular weight excluding hydrogens is 172 g/mol. The van der Waals surface area contributed by atoms with E-state index in [0.717, 1.165) is 12.8 Å². The maximum absolute atomic E-state index is 11.3. The van der Waals surface area contributed by atoms with Crippen LogP contribution in [0.2, 0.25) is 0 Å². The van der Waals surface area contributed by atoms with E-state index in [9.17, 15) is 4.79 Å². The molecule has 2 aliphatic carbocycles. The molecule has 0 amide bonds. The number of carbonyl (C=O) groups excluding carboxylic acids is 1.